The summed E-state index contributed by atoms with van der Waals surface area (Å²) in [6.07, 6.45) is 1.11. The summed E-state index contributed by atoms with van der Waals surface area (Å²) < 4.78 is 0. The van der Waals surface area contributed by atoms with Gasteiger partial charge in [-0.25, -0.2) is 0 Å². The first-order chi connectivity index (χ1) is 14.2. The number of Topliss-reactive ketones (excluding diaryl/α,β-unsaturated/α-hetero) is 1. The van der Waals surface area contributed by atoms with E-state index in [4.69, 9.17) is 11.6 Å². The van der Waals surface area contributed by atoms with E-state index in [2.05, 4.69) is 15.5 Å². The van der Waals surface area contributed by atoms with Crippen molar-refractivity contribution in [3.05, 3.63) is 68.2 Å². The summed E-state index contributed by atoms with van der Waals surface area (Å²) in [6, 6.07) is 8.41. The van der Waals surface area contributed by atoms with Gasteiger partial charge in [-0.3, -0.25) is 19.7 Å². The van der Waals surface area contributed by atoms with E-state index in [9.17, 15) is 24.8 Å². The van der Waals surface area contributed by atoms with Crippen LogP contribution in [0.3, 0.4) is 0 Å². The number of hydrogen-bond acceptors (Lipinski definition) is 8. The molecule has 1 amide bonds. The maximum atomic E-state index is 12.5. The van der Waals surface area contributed by atoms with Gasteiger partial charge in [0.2, 0.25) is 5.91 Å². The number of nitrogens with zero attached hydrogens (tertiary/aromatic N) is 3. The average molecular weight is 447 g/mol. The standard InChI is InChI=1S/C19H15ClN4O5S/c1-10-6-11(2-4-14(10)20)16(26)8-17-18(27)22-19(30-17)23-21-9-12-7-13(24(28)29)3-5-15(12)25/h2-7,9,17,25H,8H2,1H3,(H,22,23,27)/b21-9+. The van der Waals surface area contributed by atoms with Crippen molar-refractivity contribution < 1.29 is 19.6 Å². The van der Waals surface area contributed by atoms with E-state index in [1.165, 1.54) is 6.07 Å². The van der Waals surface area contributed by atoms with Crippen molar-refractivity contribution in [3.63, 3.8) is 0 Å². The Kier molecular flexibility index (Phi) is 6.48. The number of rotatable bonds is 6. The number of nitro groups is 1. The van der Waals surface area contributed by atoms with Gasteiger partial charge in [-0.15, -0.1) is 5.10 Å². The van der Waals surface area contributed by atoms with E-state index in [-0.39, 0.29) is 40.3 Å². The van der Waals surface area contributed by atoms with E-state index in [1.54, 1.807) is 25.1 Å². The topological polar surface area (TPSA) is 134 Å². The van der Waals surface area contributed by atoms with Gasteiger partial charge in [-0.1, -0.05) is 23.4 Å². The number of phenols is 1. The number of aryl methyl sites for hydroxylation is 1. The fraction of sp³-hybridized carbons (Fsp3) is 0.158. The first kappa shape index (κ1) is 21.5. The minimum Gasteiger partial charge on any atom is -0.507 e. The van der Waals surface area contributed by atoms with Crippen molar-refractivity contribution in [2.45, 2.75) is 18.6 Å². The summed E-state index contributed by atoms with van der Waals surface area (Å²) in [5.74, 6) is -0.769. The number of carbonyl (C=O) groups is 2. The number of amides is 1. The lowest BCUT2D eigenvalue weighted by molar-refractivity contribution is -0.384. The zero-order valence-corrected chi connectivity index (χ0v) is 17.1. The molecule has 1 aliphatic heterocycles. The number of hydrogen-bond donors (Lipinski definition) is 2. The second-order valence-electron chi connectivity index (χ2n) is 6.34. The molecule has 1 fully saturated rings. The van der Waals surface area contributed by atoms with Crippen molar-refractivity contribution in [1.82, 2.24) is 5.32 Å². The van der Waals surface area contributed by atoms with Gasteiger partial charge in [-0.05, 0) is 36.8 Å². The van der Waals surface area contributed by atoms with Gasteiger partial charge < -0.3 is 10.4 Å². The van der Waals surface area contributed by atoms with Crippen LogP contribution in [0.1, 0.15) is 27.9 Å². The van der Waals surface area contributed by atoms with Crippen LogP contribution in [0.4, 0.5) is 5.69 Å². The third-order valence-corrected chi connectivity index (χ3v) is 5.69. The number of phenolic OH excluding ortho intramolecular Hbond substituents is 1. The number of ketones is 1. The molecule has 0 bridgehead atoms. The molecule has 1 aliphatic rings. The summed E-state index contributed by atoms with van der Waals surface area (Å²) in [5.41, 5.74) is 1.14. The molecule has 1 saturated heterocycles. The lowest BCUT2D eigenvalue weighted by Crippen LogP contribution is -2.26. The summed E-state index contributed by atoms with van der Waals surface area (Å²) >= 11 is 7.02. The van der Waals surface area contributed by atoms with Gasteiger partial charge in [-0.2, -0.15) is 5.10 Å². The van der Waals surface area contributed by atoms with Crippen molar-refractivity contribution >= 4 is 52.1 Å². The monoisotopic (exact) mass is 446 g/mol. The molecular formula is C19H15ClN4O5S. The third-order valence-electron chi connectivity index (χ3n) is 4.19. The minimum absolute atomic E-state index is 0.0219. The number of halogens is 1. The van der Waals surface area contributed by atoms with E-state index in [1.807, 2.05) is 0 Å². The molecule has 0 saturated carbocycles. The zero-order valence-electron chi connectivity index (χ0n) is 15.5. The molecule has 0 radical (unpaired) electrons. The molecule has 0 aromatic heterocycles. The molecule has 1 unspecified atom stereocenters. The van der Waals surface area contributed by atoms with Crippen molar-refractivity contribution in [1.29, 1.82) is 0 Å². The SMILES string of the molecule is Cc1cc(C(=O)CC2S/C(=N\N=C\c3cc([N+](=O)[O-])ccc3O)NC2=O)ccc1Cl. The lowest BCUT2D eigenvalue weighted by atomic mass is 10.0. The van der Waals surface area contributed by atoms with Crippen LogP contribution >= 0.6 is 23.4 Å². The van der Waals surface area contributed by atoms with Gasteiger partial charge in [0.25, 0.3) is 5.69 Å². The fourth-order valence-electron chi connectivity index (χ4n) is 2.59. The Bertz CT molecular complexity index is 1100. The highest BCUT2D eigenvalue weighted by Crippen LogP contribution is 2.26. The number of benzene rings is 2. The minimum atomic E-state index is -0.659. The van der Waals surface area contributed by atoms with Gasteiger partial charge >= 0.3 is 0 Å². The molecule has 154 valence electrons. The molecule has 11 heteroatoms. The van der Waals surface area contributed by atoms with Crippen LogP contribution in [0.25, 0.3) is 0 Å². The summed E-state index contributed by atoms with van der Waals surface area (Å²) in [5, 5.41) is 30.8. The second-order valence-corrected chi connectivity index (χ2v) is 7.94. The van der Waals surface area contributed by atoms with E-state index in [0.717, 1.165) is 35.7 Å². The Balaban J connectivity index is 1.66. The molecule has 3 rings (SSSR count). The molecule has 0 aliphatic carbocycles. The number of nitro benzene ring substituents is 1. The Hall–Kier alpha value is -3.24. The molecule has 2 aromatic rings. The van der Waals surface area contributed by atoms with E-state index < -0.39 is 10.2 Å². The Morgan fingerprint density at radius 1 is 1.37 bits per heavy atom. The molecule has 1 heterocycles. The number of thioether (sulfide) groups is 1. The van der Waals surface area contributed by atoms with Crippen molar-refractivity contribution in [2.75, 3.05) is 0 Å². The fourth-order valence-corrected chi connectivity index (χ4v) is 3.63. The van der Waals surface area contributed by atoms with Crippen LogP contribution in [0.5, 0.6) is 5.75 Å². The molecule has 2 N–H and O–H groups in total. The van der Waals surface area contributed by atoms with E-state index >= 15 is 0 Å². The number of aromatic hydroxyl groups is 1. The first-order valence-corrected chi connectivity index (χ1v) is 9.85. The van der Waals surface area contributed by atoms with Gasteiger partial charge in [0, 0.05) is 34.7 Å². The van der Waals surface area contributed by atoms with Crippen LogP contribution in [0, 0.1) is 17.0 Å². The second kappa shape index (κ2) is 9.06. The normalized spacial score (nSPS) is 17.5. The number of amidine groups is 1. The lowest BCUT2D eigenvalue weighted by Gasteiger charge is -2.06. The van der Waals surface area contributed by atoms with E-state index in [0.29, 0.717) is 10.6 Å². The number of carbonyl (C=O) groups excluding carboxylic acids is 2. The molecular weight excluding hydrogens is 432 g/mol. The van der Waals surface area contributed by atoms with Crippen LogP contribution in [-0.2, 0) is 4.79 Å². The molecule has 1 atom stereocenters. The molecule has 9 nitrogen and oxygen atoms in total. The average Bonchev–Trinajstić information content (AvgIpc) is 3.04. The Morgan fingerprint density at radius 3 is 2.83 bits per heavy atom. The molecule has 0 spiro atoms. The molecule has 2 aromatic carbocycles. The Morgan fingerprint density at radius 2 is 2.13 bits per heavy atom. The van der Waals surface area contributed by atoms with Crippen molar-refractivity contribution in [3.8, 4) is 5.75 Å². The number of nitrogens with one attached hydrogen (secondary N) is 1. The van der Waals surface area contributed by atoms with Crippen molar-refractivity contribution in [2.24, 2.45) is 10.2 Å². The van der Waals surface area contributed by atoms with Crippen LogP contribution in [-0.4, -0.2) is 38.4 Å². The highest BCUT2D eigenvalue weighted by atomic mass is 35.5. The zero-order chi connectivity index (χ0) is 21.8. The maximum absolute atomic E-state index is 12.5. The third kappa shape index (κ3) is 5.02. The maximum Gasteiger partial charge on any atom is 0.270 e. The summed E-state index contributed by atoms with van der Waals surface area (Å²) in [7, 11) is 0. The first-order valence-electron chi connectivity index (χ1n) is 8.60. The smallest absolute Gasteiger partial charge is 0.270 e. The predicted octanol–water partition coefficient (Wildman–Crippen LogP) is 3.46. The molecule has 30 heavy (non-hydrogen) atoms. The summed E-state index contributed by atoms with van der Waals surface area (Å²) in [4.78, 5) is 34.8. The van der Waals surface area contributed by atoms with Gasteiger partial charge in [0.15, 0.2) is 11.0 Å². The Labute approximate surface area is 180 Å². The highest BCUT2D eigenvalue weighted by Gasteiger charge is 2.32. The van der Waals surface area contributed by atoms with Crippen LogP contribution < -0.4 is 5.32 Å². The van der Waals surface area contributed by atoms with Crippen LogP contribution in [0.15, 0.2) is 46.6 Å². The summed E-state index contributed by atoms with van der Waals surface area (Å²) in [6.45, 7) is 1.79. The number of non-ortho nitro benzene ring substituents is 1. The largest absolute Gasteiger partial charge is 0.507 e. The highest BCUT2D eigenvalue weighted by molar-refractivity contribution is 8.15. The van der Waals surface area contributed by atoms with Gasteiger partial charge in [0.05, 0.1) is 16.4 Å². The predicted molar refractivity (Wildman–Crippen MR) is 114 cm³/mol. The van der Waals surface area contributed by atoms with Gasteiger partial charge in [0.1, 0.15) is 5.75 Å². The quantitative estimate of drug-likeness (QED) is 0.302. The van der Waals surface area contributed by atoms with Crippen LogP contribution in [0.2, 0.25) is 5.02 Å².